The fourth-order valence-electron chi connectivity index (χ4n) is 2.03. The van der Waals surface area contributed by atoms with Crippen LogP contribution in [0, 0.1) is 10.7 Å². The number of carbonyl (C=O) groups excluding carboxylic acids is 5. The lowest BCUT2D eigenvalue weighted by Crippen LogP contribution is -2.37. The number of ether oxygens (including phenoxy) is 2. The molecule has 0 saturated heterocycles. The molecule has 0 saturated carbocycles. The van der Waals surface area contributed by atoms with E-state index in [9.17, 15) is 24.0 Å². The molecule has 1 atom stereocenters. The highest BCUT2D eigenvalue weighted by molar-refractivity contribution is 14.1. The Morgan fingerprint density at radius 2 is 1.52 bits per heavy atom. The number of halogens is 4. The molecule has 0 aliphatic carbocycles. The maximum atomic E-state index is 12.7. The minimum Gasteiger partial charge on any atom is -0.461 e. The molecule has 1 unspecified atom stereocenters. The quantitative estimate of drug-likeness (QED) is 0.249. The summed E-state index contributed by atoms with van der Waals surface area (Å²) in [5.41, 5.74) is 0.336. The van der Waals surface area contributed by atoms with Crippen molar-refractivity contribution in [2.75, 3.05) is 19.0 Å². The van der Waals surface area contributed by atoms with E-state index >= 15 is 0 Å². The molecule has 2 N–H and O–H groups in total. The van der Waals surface area contributed by atoms with Gasteiger partial charge in [-0.2, -0.15) is 0 Å². The van der Waals surface area contributed by atoms with Crippen LogP contribution in [0.25, 0.3) is 0 Å². The number of hydrogen-bond donors (Lipinski definition) is 2. The molecule has 0 heterocycles. The average Bonchev–Trinajstić information content (AvgIpc) is 2.60. The summed E-state index contributed by atoms with van der Waals surface area (Å²) in [5, 5.41) is 4.19. The van der Waals surface area contributed by atoms with E-state index in [1.165, 1.54) is 7.05 Å². The lowest BCUT2D eigenvalue weighted by molar-refractivity contribution is -0.160. The Morgan fingerprint density at radius 3 is 1.97 bits per heavy atom. The van der Waals surface area contributed by atoms with Crippen LogP contribution in [0.1, 0.15) is 34.6 Å². The molecule has 0 bridgehead atoms. The van der Waals surface area contributed by atoms with Crippen LogP contribution in [-0.4, -0.2) is 48.8 Å². The van der Waals surface area contributed by atoms with Gasteiger partial charge in [0.15, 0.2) is 0 Å². The van der Waals surface area contributed by atoms with E-state index in [2.05, 4.69) is 10.6 Å². The van der Waals surface area contributed by atoms with Gasteiger partial charge in [0.2, 0.25) is 6.10 Å². The number of carbonyl (C=O) groups is 5. The predicted octanol–water partition coefficient (Wildman–Crippen LogP) is 2.67. The lowest BCUT2D eigenvalue weighted by Gasteiger charge is -2.20. The first-order valence-electron chi connectivity index (χ1n) is 7.66. The van der Waals surface area contributed by atoms with Gasteiger partial charge in [0.05, 0.1) is 24.0 Å². The Balaban J connectivity index is 3.48. The minimum atomic E-state index is -1.43. The van der Waals surface area contributed by atoms with E-state index < -0.39 is 41.7 Å². The topological polar surface area (TPSA) is 128 Å². The van der Waals surface area contributed by atoms with E-state index in [1.54, 1.807) is 0 Å². The van der Waals surface area contributed by atoms with E-state index in [0.29, 0.717) is 10.7 Å². The van der Waals surface area contributed by atoms with Gasteiger partial charge in [-0.3, -0.25) is 24.0 Å². The molecule has 0 aliphatic heterocycles. The molecule has 2 amide bonds. The summed E-state index contributed by atoms with van der Waals surface area (Å²) in [6, 6.07) is 0. The molecule has 1 aromatic rings. The number of benzene rings is 1. The third-order valence-corrected chi connectivity index (χ3v) is 6.68. The summed E-state index contributed by atoms with van der Waals surface area (Å²) in [5.74, 6) is -2.71. The molecule has 1 rings (SSSR count). The maximum Gasteiger partial charge on any atom is 0.303 e. The van der Waals surface area contributed by atoms with Crippen molar-refractivity contribution < 1.29 is 33.4 Å². The second kappa shape index (κ2) is 11.6. The van der Waals surface area contributed by atoms with Gasteiger partial charge in [0, 0.05) is 24.5 Å². The molecule has 29 heavy (non-hydrogen) atoms. The van der Waals surface area contributed by atoms with Gasteiger partial charge in [0.25, 0.3) is 17.1 Å². The monoisotopic (exact) mass is 762 g/mol. The Kier molecular flexibility index (Phi) is 10.5. The summed E-state index contributed by atoms with van der Waals surface area (Å²) in [6.45, 7) is 1.74. The first-order chi connectivity index (χ1) is 13.4. The van der Waals surface area contributed by atoms with Crippen LogP contribution in [0.3, 0.4) is 0 Å². The maximum absolute atomic E-state index is 12.7. The van der Waals surface area contributed by atoms with Crippen LogP contribution in [0.2, 0.25) is 0 Å². The summed E-state index contributed by atoms with van der Waals surface area (Å²) < 4.78 is 10.6. The third kappa shape index (κ3) is 6.88. The van der Waals surface area contributed by atoms with Crippen LogP contribution in [0.4, 0.5) is 5.69 Å². The largest absolute Gasteiger partial charge is 0.461 e. The van der Waals surface area contributed by atoms with Crippen molar-refractivity contribution in [2.24, 2.45) is 0 Å². The molecule has 1 aromatic carbocycles. The smallest absolute Gasteiger partial charge is 0.303 e. The fraction of sp³-hybridized carbons (Fsp3) is 0.312. The molecular formula is C16H14ClI3N2O7. The Bertz CT molecular complexity index is 892. The molecule has 9 nitrogen and oxygen atoms in total. The number of esters is 2. The van der Waals surface area contributed by atoms with Crippen LogP contribution >= 0.6 is 79.4 Å². The summed E-state index contributed by atoms with van der Waals surface area (Å²) >= 11 is 11.2. The summed E-state index contributed by atoms with van der Waals surface area (Å²) in [6.07, 6.45) is -1.43. The summed E-state index contributed by atoms with van der Waals surface area (Å²) in [4.78, 5) is 59.3. The van der Waals surface area contributed by atoms with Gasteiger partial charge in [-0.25, -0.2) is 0 Å². The second-order valence-electron chi connectivity index (χ2n) is 5.31. The fourth-order valence-corrected chi connectivity index (χ4v) is 6.95. The number of anilines is 1. The number of amides is 2. The standard InChI is InChI=1S/C16H14ClI3N2O7/c1-5(23)28-4-7(29-6(2)24)15(26)22-13-11(19)8(14(17)25)10(18)9(12(13)20)16(27)21-3/h7H,4H2,1-3H3,(H,21,27)(H,22,26). The molecule has 0 fully saturated rings. The number of rotatable bonds is 7. The van der Waals surface area contributed by atoms with Gasteiger partial charge >= 0.3 is 11.9 Å². The van der Waals surface area contributed by atoms with Gasteiger partial charge in [-0.05, 0) is 79.4 Å². The molecule has 0 aromatic heterocycles. The number of nitrogens with one attached hydrogen (secondary N) is 2. The number of hydrogen-bond acceptors (Lipinski definition) is 7. The zero-order valence-electron chi connectivity index (χ0n) is 15.2. The van der Waals surface area contributed by atoms with E-state index in [1.807, 2.05) is 67.8 Å². The van der Waals surface area contributed by atoms with Crippen LogP contribution < -0.4 is 10.6 Å². The van der Waals surface area contributed by atoms with Crippen molar-refractivity contribution in [1.82, 2.24) is 5.32 Å². The average molecular weight is 762 g/mol. The van der Waals surface area contributed by atoms with Crippen molar-refractivity contribution in [3.63, 3.8) is 0 Å². The van der Waals surface area contributed by atoms with Gasteiger partial charge in [-0.15, -0.1) is 0 Å². The minimum absolute atomic E-state index is 0.0474. The van der Waals surface area contributed by atoms with Crippen molar-refractivity contribution in [2.45, 2.75) is 20.0 Å². The summed E-state index contributed by atoms with van der Waals surface area (Å²) in [7, 11) is 1.42. The van der Waals surface area contributed by atoms with Crippen LogP contribution in [0.15, 0.2) is 0 Å². The van der Waals surface area contributed by atoms with E-state index in [0.717, 1.165) is 13.8 Å². The van der Waals surface area contributed by atoms with Crippen molar-refractivity contribution in [3.05, 3.63) is 21.8 Å². The highest BCUT2D eigenvalue weighted by Gasteiger charge is 2.30. The zero-order chi connectivity index (χ0) is 22.5. The Labute approximate surface area is 211 Å². The van der Waals surface area contributed by atoms with Gasteiger partial charge < -0.3 is 20.1 Å². The van der Waals surface area contributed by atoms with E-state index in [-0.39, 0.29) is 16.8 Å². The van der Waals surface area contributed by atoms with Crippen molar-refractivity contribution in [3.8, 4) is 0 Å². The molecule has 0 aliphatic rings. The SMILES string of the molecule is CNC(=O)c1c(I)c(NC(=O)C(COC(C)=O)OC(C)=O)c(I)c(C(=O)Cl)c1I. The highest BCUT2D eigenvalue weighted by atomic mass is 127. The molecule has 13 heteroatoms. The first kappa shape index (κ1) is 26.3. The molecular weight excluding hydrogens is 748 g/mol. The molecule has 0 radical (unpaired) electrons. The van der Waals surface area contributed by atoms with Crippen LogP contribution in [0.5, 0.6) is 0 Å². The second-order valence-corrected chi connectivity index (χ2v) is 8.89. The Hall–Kier alpha value is -0.750. The lowest BCUT2D eigenvalue weighted by atomic mass is 10.1. The van der Waals surface area contributed by atoms with Gasteiger partial charge in [-0.1, -0.05) is 0 Å². The first-order valence-corrected chi connectivity index (χ1v) is 11.3. The van der Waals surface area contributed by atoms with Crippen molar-refractivity contribution >= 4 is 114 Å². The van der Waals surface area contributed by atoms with E-state index in [4.69, 9.17) is 21.1 Å². The normalized spacial score (nSPS) is 11.3. The zero-order valence-corrected chi connectivity index (χ0v) is 22.4. The van der Waals surface area contributed by atoms with Crippen molar-refractivity contribution in [1.29, 1.82) is 0 Å². The van der Waals surface area contributed by atoms with Gasteiger partial charge in [0.1, 0.15) is 6.61 Å². The predicted molar refractivity (Wildman–Crippen MR) is 129 cm³/mol. The Morgan fingerprint density at radius 1 is 0.966 bits per heavy atom. The van der Waals surface area contributed by atoms with Crippen LogP contribution in [-0.2, 0) is 23.9 Å². The molecule has 158 valence electrons. The highest BCUT2D eigenvalue weighted by Crippen LogP contribution is 2.36. The third-order valence-electron chi connectivity index (χ3n) is 3.25. The molecule has 0 spiro atoms.